The van der Waals surface area contributed by atoms with Gasteiger partial charge >= 0.3 is 0 Å². The van der Waals surface area contributed by atoms with Crippen molar-refractivity contribution in [3.8, 4) is 0 Å². The Morgan fingerprint density at radius 3 is 3.00 bits per heavy atom. The third-order valence-electron chi connectivity index (χ3n) is 1.81. The Hall–Kier alpha value is -1.44. The van der Waals surface area contributed by atoms with Gasteiger partial charge in [0.05, 0.1) is 6.61 Å². The first-order chi connectivity index (χ1) is 8.61. The second-order valence-electron chi connectivity index (χ2n) is 3.37. The molecule has 0 unspecified atom stereocenters. The van der Waals surface area contributed by atoms with Gasteiger partial charge in [-0.1, -0.05) is 11.6 Å². The van der Waals surface area contributed by atoms with Crippen molar-refractivity contribution >= 4 is 23.3 Å². The van der Waals surface area contributed by atoms with Crippen LogP contribution in [0.2, 0.25) is 5.15 Å². The van der Waals surface area contributed by atoms with E-state index in [2.05, 4.69) is 15.3 Å². The summed E-state index contributed by atoms with van der Waals surface area (Å²) in [6, 6.07) is 1.59. The molecule has 7 nitrogen and oxygen atoms in total. The molecule has 1 aromatic rings. The highest BCUT2D eigenvalue weighted by Crippen LogP contribution is 2.11. The van der Waals surface area contributed by atoms with Crippen LogP contribution in [0.25, 0.3) is 0 Å². The van der Waals surface area contributed by atoms with Crippen molar-refractivity contribution in [2.24, 2.45) is 5.73 Å². The number of methoxy groups -OCH3 is 1. The van der Waals surface area contributed by atoms with Gasteiger partial charge in [-0.2, -0.15) is 0 Å². The fourth-order valence-corrected chi connectivity index (χ4v) is 1.37. The number of nitrogens with zero attached hydrogens (tertiary/aromatic N) is 2. The molecule has 0 spiro atoms. The summed E-state index contributed by atoms with van der Waals surface area (Å²) < 4.78 is 9.91. The molecule has 1 heterocycles. The number of hydrogen-bond acceptors (Lipinski definition) is 6. The fourth-order valence-electron chi connectivity index (χ4n) is 1.17. The molecule has 1 amide bonds. The summed E-state index contributed by atoms with van der Waals surface area (Å²) in [5.41, 5.74) is 4.92. The van der Waals surface area contributed by atoms with Crippen molar-refractivity contribution in [2.45, 2.75) is 6.61 Å². The second kappa shape index (κ2) is 7.80. The number of anilines is 1. The van der Waals surface area contributed by atoms with Gasteiger partial charge in [0.15, 0.2) is 5.82 Å². The lowest BCUT2D eigenvalue weighted by molar-refractivity contribution is -0.122. The maximum Gasteiger partial charge on any atom is 0.243 e. The Bertz CT molecular complexity index is 403. The van der Waals surface area contributed by atoms with Gasteiger partial charge in [-0.05, 0) is 0 Å². The summed E-state index contributed by atoms with van der Waals surface area (Å²) >= 11 is 5.83. The van der Waals surface area contributed by atoms with Crippen LogP contribution in [0.4, 0.5) is 5.82 Å². The van der Waals surface area contributed by atoms with Gasteiger partial charge in [-0.3, -0.25) is 4.79 Å². The first kappa shape index (κ1) is 14.6. The van der Waals surface area contributed by atoms with Gasteiger partial charge < -0.3 is 20.5 Å². The minimum absolute atomic E-state index is 0.0961. The highest BCUT2D eigenvalue weighted by atomic mass is 35.5. The molecule has 0 atom stereocenters. The number of carbonyl (C=O) groups is 1. The second-order valence-corrected chi connectivity index (χ2v) is 3.76. The minimum atomic E-state index is -0.498. The predicted octanol–water partition coefficient (Wildman–Crippen LogP) is 0.190. The summed E-state index contributed by atoms with van der Waals surface area (Å²) in [7, 11) is 1.55. The molecular weight excluding hydrogens is 260 g/mol. The standard InChI is InChI=1S/C10H15ClN4O3/c1-17-6-10-14-7(11)4-9(15-10)13-2-3-18-5-8(12)16/h4H,2-3,5-6H2,1H3,(H2,12,16)(H,13,14,15). The summed E-state index contributed by atoms with van der Waals surface area (Å²) in [5, 5.41) is 3.32. The first-order valence-corrected chi connectivity index (χ1v) is 5.62. The topological polar surface area (TPSA) is 99.4 Å². The summed E-state index contributed by atoms with van der Waals surface area (Å²) in [5.74, 6) is 0.567. The zero-order chi connectivity index (χ0) is 13.4. The first-order valence-electron chi connectivity index (χ1n) is 5.24. The molecule has 0 bridgehead atoms. The lowest BCUT2D eigenvalue weighted by Crippen LogP contribution is -2.20. The number of amides is 1. The molecule has 0 fully saturated rings. The number of carbonyl (C=O) groups excluding carboxylic acids is 1. The highest BCUT2D eigenvalue weighted by Gasteiger charge is 2.02. The van der Waals surface area contributed by atoms with E-state index in [-0.39, 0.29) is 13.2 Å². The van der Waals surface area contributed by atoms with Crippen LogP contribution in [0.1, 0.15) is 5.82 Å². The number of hydrogen-bond donors (Lipinski definition) is 2. The van der Waals surface area contributed by atoms with E-state index in [9.17, 15) is 4.79 Å². The Morgan fingerprint density at radius 2 is 2.33 bits per heavy atom. The summed E-state index contributed by atoms with van der Waals surface area (Å²) in [6.45, 7) is 1.01. The molecule has 0 aliphatic carbocycles. The van der Waals surface area contributed by atoms with Crippen molar-refractivity contribution in [3.63, 3.8) is 0 Å². The van der Waals surface area contributed by atoms with Gasteiger partial charge in [0.1, 0.15) is 24.2 Å². The van der Waals surface area contributed by atoms with Crippen LogP contribution in [0.5, 0.6) is 0 Å². The molecule has 0 aliphatic heterocycles. The number of nitrogens with one attached hydrogen (secondary N) is 1. The zero-order valence-corrected chi connectivity index (χ0v) is 10.7. The van der Waals surface area contributed by atoms with Gasteiger partial charge in [0, 0.05) is 19.7 Å². The van der Waals surface area contributed by atoms with Crippen LogP contribution >= 0.6 is 11.6 Å². The average molecular weight is 275 g/mol. The maximum absolute atomic E-state index is 10.4. The zero-order valence-electron chi connectivity index (χ0n) is 9.98. The van der Waals surface area contributed by atoms with Crippen LogP contribution in [0.15, 0.2) is 6.07 Å². The van der Waals surface area contributed by atoms with E-state index in [1.165, 1.54) is 0 Å². The van der Waals surface area contributed by atoms with Gasteiger partial charge in [-0.15, -0.1) is 0 Å². The number of primary amides is 1. The number of aromatic nitrogens is 2. The molecule has 0 saturated carbocycles. The molecule has 8 heteroatoms. The van der Waals surface area contributed by atoms with E-state index in [0.29, 0.717) is 29.9 Å². The minimum Gasteiger partial charge on any atom is -0.377 e. The molecule has 0 radical (unpaired) electrons. The van der Waals surface area contributed by atoms with Crippen LogP contribution in [-0.2, 0) is 20.9 Å². The van der Waals surface area contributed by atoms with E-state index < -0.39 is 5.91 Å². The van der Waals surface area contributed by atoms with Crippen LogP contribution in [0.3, 0.4) is 0 Å². The average Bonchev–Trinajstić information content (AvgIpc) is 2.28. The van der Waals surface area contributed by atoms with E-state index in [1.54, 1.807) is 13.2 Å². The molecule has 1 rings (SSSR count). The molecule has 18 heavy (non-hydrogen) atoms. The van der Waals surface area contributed by atoms with Gasteiger partial charge in [-0.25, -0.2) is 9.97 Å². The predicted molar refractivity (Wildman–Crippen MR) is 66.3 cm³/mol. The molecular formula is C10H15ClN4O3. The van der Waals surface area contributed by atoms with Crippen LogP contribution in [-0.4, -0.2) is 42.7 Å². The molecule has 3 N–H and O–H groups in total. The van der Waals surface area contributed by atoms with Crippen molar-refractivity contribution < 1.29 is 14.3 Å². The Balaban J connectivity index is 2.39. The monoisotopic (exact) mass is 274 g/mol. The van der Waals surface area contributed by atoms with E-state index in [0.717, 1.165) is 0 Å². The number of ether oxygens (including phenoxy) is 2. The third-order valence-corrected chi connectivity index (χ3v) is 2.01. The summed E-state index contributed by atoms with van der Waals surface area (Å²) in [6.07, 6.45) is 0. The molecule has 0 aromatic carbocycles. The maximum atomic E-state index is 10.4. The third kappa shape index (κ3) is 5.76. The number of halogens is 1. The van der Waals surface area contributed by atoms with E-state index >= 15 is 0 Å². The van der Waals surface area contributed by atoms with Gasteiger partial charge in [0.25, 0.3) is 0 Å². The van der Waals surface area contributed by atoms with Gasteiger partial charge in [0.2, 0.25) is 5.91 Å². The molecule has 0 saturated heterocycles. The van der Waals surface area contributed by atoms with Crippen LogP contribution in [0, 0.1) is 0 Å². The van der Waals surface area contributed by atoms with Crippen molar-refractivity contribution in [3.05, 3.63) is 17.0 Å². The fraction of sp³-hybridized carbons (Fsp3) is 0.500. The lowest BCUT2D eigenvalue weighted by atomic mass is 10.5. The molecule has 100 valence electrons. The largest absolute Gasteiger partial charge is 0.377 e. The van der Waals surface area contributed by atoms with E-state index in [1.807, 2.05) is 0 Å². The summed E-state index contributed by atoms with van der Waals surface area (Å²) in [4.78, 5) is 18.6. The Kier molecular flexibility index (Phi) is 6.34. The van der Waals surface area contributed by atoms with Crippen molar-refractivity contribution in [1.82, 2.24) is 9.97 Å². The highest BCUT2D eigenvalue weighted by molar-refractivity contribution is 6.29. The quantitative estimate of drug-likeness (QED) is 0.519. The normalized spacial score (nSPS) is 10.3. The SMILES string of the molecule is COCc1nc(Cl)cc(NCCOCC(N)=O)n1. The van der Waals surface area contributed by atoms with Crippen molar-refractivity contribution in [2.75, 3.05) is 32.2 Å². The Labute approximate surface area is 110 Å². The van der Waals surface area contributed by atoms with Crippen LogP contribution < -0.4 is 11.1 Å². The number of rotatable bonds is 8. The molecule has 0 aliphatic rings. The van der Waals surface area contributed by atoms with Crippen molar-refractivity contribution in [1.29, 1.82) is 0 Å². The Morgan fingerprint density at radius 1 is 1.56 bits per heavy atom. The number of nitrogens with two attached hydrogens (primary N) is 1. The molecule has 1 aromatic heterocycles. The smallest absolute Gasteiger partial charge is 0.243 e. The lowest BCUT2D eigenvalue weighted by Gasteiger charge is -2.07. The van der Waals surface area contributed by atoms with E-state index in [4.69, 9.17) is 26.8 Å².